The Morgan fingerprint density at radius 1 is 1.26 bits per heavy atom. The highest BCUT2D eigenvalue weighted by atomic mass is 32.2. The summed E-state index contributed by atoms with van der Waals surface area (Å²) in [6, 6.07) is 9.61. The first kappa shape index (κ1) is 15.6. The van der Waals surface area contributed by atoms with Crippen LogP contribution in [0.15, 0.2) is 35.2 Å². The Hall–Kier alpha value is -1.49. The second kappa shape index (κ2) is 7.84. The molecular weight excluding hydrogens is 262 g/mol. The minimum absolute atomic E-state index is 0.271. The maximum Gasteiger partial charge on any atom is 0.319 e. The number of benzene rings is 1. The van der Waals surface area contributed by atoms with Gasteiger partial charge in [0.15, 0.2) is 6.10 Å². The first-order chi connectivity index (χ1) is 9.04. The number of ether oxygens (including phenoxy) is 1. The van der Waals surface area contributed by atoms with E-state index in [1.807, 2.05) is 37.3 Å². The van der Waals surface area contributed by atoms with E-state index in [0.717, 1.165) is 4.90 Å². The van der Waals surface area contributed by atoms with Crippen LogP contribution in [0.3, 0.4) is 0 Å². The van der Waals surface area contributed by atoms with E-state index >= 15 is 0 Å². The SMILES string of the molecule is CCNC(=O)[C@H](C)OC(=O)[C@H](C)Sc1ccccc1. The lowest BCUT2D eigenvalue weighted by molar-refractivity contribution is -0.153. The molecule has 5 heteroatoms. The molecule has 1 N–H and O–H groups in total. The standard InChI is InChI=1S/C14H19NO3S/c1-4-15-13(16)10(2)18-14(17)11(3)19-12-8-6-5-7-9-12/h5-11H,4H2,1-3H3,(H,15,16)/t10-,11-/m0/s1. The summed E-state index contributed by atoms with van der Waals surface area (Å²) in [5.41, 5.74) is 0. The van der Waals surface area contributed by atoms with Gasteiger partial charge in [-0.05, 0) is 32.9 Å². The molecule has 0 radical (unpaired) electrons. The van der Waals surface area contributed by atoms with Gasteiger partial charge in [-0.3, -0.25) is 9.59 Å². The van der Waals surface area contributed by atoms with Crippen LogP contribution in [-0.2, 0) is 14.3 Å². The van der Waals surface area contributed by atoms with Gasteiger partial charge in [0, 0.05) is 11.4 Å². The van der Waals surface area contributed by atoms with Crippen molar-refractivity contribution in [2.45, 2.75) is 37.0 Å². The number of carbonyl (C=O) groups excluding carboxylic acids is 2. The van der Waals surface area contributed by atoms with Crippen LogP contribution in [-0.4, -0.2) is 29.8 Å². The van der Waals surface area contributed by atoms with Gasteiger partial charge in [0.25, 0.3) is 5.91 Å². The molecule has 1 aromatic carbocycles. The third-order valence-electron chi connectivity index (χ3n) is 2.40. The molecule has 0 aromatic heterocycles. The van der Waals surface area contributed by atoms with Gasteiger partial charge < -0.3 is 10.1 Å². The molecule has 0 bridgehead atoms. The lowest BCUT2D eigenvalue weighted by atomic mass is 10.3. The molecule has 0 aliphatic rings. The normalized spacial score (nSPS) is 13.4. The van der Waals surface area contributed by atoms with Crippen LogP contribution in [0.2, 0.25) is 0 Å². The van der Waals surface area contributed by atoms with Gasteiger partial charge in [-0.15, -0.1) is 11.8 Å². The van der Waals surface area contributed by atoms with Crippen molar-refractivity contribution in [1.29, 1.82) is 0 Å². The topological polar surface area (TPSA) is 55.4 Å². The third kappa shape index (κ3) is 5.34. The predicted molar refractivity (Wildman–Crippen MR) is 76.0 cm³/mol. The van der Waals surface area contributed by atoms with Crippen molar-refractivity contribution in [2.75, 3.05) is 6.54 Å². The number of likely N-dealkylation sites (N-methyl/N-ethyl adjacent to an activating group) is 1. The van der Waals surface area contributed by atoms with E-state index in [2.05, 4.69) is 5.32 Å². The monoisotopic (exact) mass is 281 g/mol. The Balaban J connectivity index is 2.47. The maximum absolute atomic E-state index is 11.8. The van der Waals surface area contributed by atoms with E-state index < -0.39 is 6.10 Å². The molecule has 0 spiro atoms. The smallest absolute Gasteiger partial charge is 0.319 e. The average Bonchev–Trinajstić information content (AvgIpc) is 2.40. The zero-order valence-corrected chi connectivity index (χ0v) is 12.2. The molecule has 0 unspecified atom stereocenters. The van der Waals surface area contributed by atoms with Crippen molar-refractivity contribution in [3.05, 3.63) is 30.3 Å². The Bertz CT molecular complexity index is 422. The predicted octanol–water partition coefficient (Wildman–Crippen LogP) is 2.24. The van der Waals surface area contributed by atoms with Gasteiger partial charge in [0.05, 0.1) is 0 Å². The van der Waals surface area contributed by atoms with Crippen molar-refractivity contribution >= 4 is 23.6 Å². The molecule has 1 amide bonds. The first-order valence-corrected chi connectivity index (χ1v) is 7.12. The highest BCUT2D eigenvalue weighted by Crippen LogP contribution is 2.23. The van der Waals surface area contributed by atoms with Crippen LogP contribution < -0.4 is 5.32 Å². The van der Waals surface area contributed by atoms with Gasteiger partial charge in [-0.1, -0.05) is 18.2 Å². The molecule has 1 aromatic rings. The Labute approximate surface area is 117 Å². The molecule has 19 heavy (non-hydrogen) atoms. The number of nitrogens with one attached hydrogen (secondary N) is 1. The summed E-state index contributed by atoms with van der Waals surface area (Å²) in [4.78, 5) is 24.3. The van der Waals surface area contributed by atoms with E-state index in [1.54, 1.807) is 13.8 Å². The molecule has 0 aliphatic carbocycles. The highest BCUT2D eigenvalue weighted by Gasteiger charge is 2.22. The summed E-state index contributed by atoms with van der Waals surface area (Å²) in [6.07, 6.45) is -0.758. The zero-order valence-electron chi connectivity index (χ0n) is 11.4. The Morgan fingerprint density at radius 3 is 2.47 bits per heavy atom. The second-order valence-corrected chi connectivity index (χ2v) is 5.46. The molecule has 2 atom stereocenters. The van der Waals surface area contributed by atoms with Crippen LogP contribution in [0.25, 0.3) is 0 Å². The molecule has 104 valence electrons. The highest BCUT2D eigenvalue weighted by molar-refractivity contribution is 8.00. The average molecular weight is 281 g/mol. The van der Waals surface area contributed by atoms with Crippen LogP contribution >= 0.6 is 11.8 Å². The summed E-state index contributed by atoms with van der Waals surface area (Å²) in [7, 11) is 0. The van der Waals surface area contributed by atoms with E-state index in [9.17, 15) is 9.59 Å². The van der Waals surface area contributed by atoms with Crippen LogP contribution in [0.1, 0.15) is 20.8 Å². The number of thioether (sulfide) groups is 1. The number of amides is 1. The molecule has 0 aliphatic heterocycles. The molecule has 0 saturated carbocycles. The quantitative estimate of drug-likeness (QED) is 0.642. The van der Waals surface area contributed by atoms with E-state index in [4.69, 9.17) is 4.74 Å². The fourth-order valence-corrected chi connectivity index (χ4v) is 2.27. The third-order valence-corrected chi connectivity index (χ3v) is 3.49. The molecular formula is C14H19NO3S. The molecule has 0 heterocycles. The minimum Gasteiger partial charge on any atom is -0.452 e. The summed E-state index contributed by atoms with van der Waals surface area (Å²) in [5.74, 6) is -0.652. The fraction of sp³-hybridized carbons (Fsp3) is 0.429. The largest absolute Gasteiger partial charge is 0.452 e. The van der Waals surface area contributed by atoms with Crippen molar-refractivity contribution in [2.24, 2.45) is 0 Å². The first-order valence-electron chi connectivity index (χ1n) is 6.24. The van der Waals surface area contributed by atoms with Crippen molar-refractivity contribution < 1.29 is 14.3 Å². The summed E-state index contributed by atoms with van der Waals surface area (Å²) in [5, 5.41) is 2.27. The molecule has 1 rings (SSSR count). The number of esters is 1. The molecule has 0 fully saturated rings. The van der Waals surface area contributed by atoms with E-state index in [-0.39, 0.29) is 17.1 Å². The lowest BCUT2D eigenvalue weighted by Gasteiger charge is -2.16. The minimum atomic E-state index is -0.758. The Morgan fingerprint density at radius 2 is 1.89 bits per heavy atom. The number of hydrogen-bond donors (Lipinski definition) is 1. The van der Waals surface area contributed by atoms with Crippen LogP contribution in [0.5, 0.6) is 0 Å². The van der Waals surface area contributed by atoms with Crippen molar-refractivity contribution in [3.8, 4) is 0 Å². The Kier molecular flexibility index (Phi) is 6.42. The zero-order chi connectivity index (χ0) is 14.3. The van der Waals surface area contributed by atoms with Crippen molar-refractivity contribution in [1.82, 2.24) is 5.32 Å². The van der Waals surface area contributed by atoms with Crippen LogP contribution in [0, 0.1) is 0 Å². The summed E-state index contributed by atoms with van der Waals surface area (Å²) < 4.78 is 5.13. The number of rotatable bonds is 6. The van der Waals surface area contributed by atoms with E-state index in [1.165, 1.54) is 11.8 Å². The second-order valence-electron chi connectivity index (χ2n) is 4.05. The van der Waals surface area contributed by atoms with E-state index in [0.29, 0.717) is 6.54 Å². The van der Waals surface area contributed by atoms with Gasteiger partial charge in [0.1, 0.15) is 5.25 Å². The van der Waals surface area contributed by atoms with Gasteiger partial charge in [-0.25, -0.2) is 0 Å². The molecule has 0 saturated heterocycles. The fourth-order valence-electron chi connectivity index (χ4n) is 1.39. The maximum atomic E-state index is 11.8. The van der Waals surface area contributed by atoms with Crippen LogP contribution in [0.4, 0.5) is 0 Å². The number of hydrogen-bond acceptors (Lipinski definition) is 4. The summed E-state index contributed by atoms with van der Waals surface area (Å²) in [6.45, 7) is 5.68. The van der Waals surface area contributed by atoms with Gasteiger partial charge in [0.2, 0.25) is 0 Å². The van der Waals surface area contributed by atoms with Gasteiger partial charge in [-0.2, -0.15) is 0 Å². The lowest BCUT2D eigenvalue weighted by Crippen LogP contribution is -2.37. The number of carbonyl (C=O) groups is 2. The molecule has 4 nitrogen and oxygen atoms in total. The summed E-state index contributed by atoms with van der Waals surface area (Å²) >= 11 is 1.41. The van der Waals surface area contributed by atoms with Gasteiger partial charge >= 0.3 is 5.97 Å². The van der Waals surface area contributed by atoms with Crippen molar-refractivity contribution in [3.63, 3.8) is 0 Å².